The van der Waals surface area contributed by atoms with Crippen LogP contribution in [0.25, 0.3) is 222 Å². The summed E-state index contributed by atoms with van der Waals surface area (Å²) in [6, 6.07) is 186. The van der Waals surface area contributed by atoms with Gasteiger partial charge in [-0.25, -0.2) is 0 Å². The van der Waals surface area contributed by atoms with Crippen molar-refractivity contribution in [3.05, 3.63) is 544 Å². The molecule has 0 saturated heterocycles. The summed E-state index contributed by atoms with van der Waals surface area (Å²) in [5.41, 5.74) is 48.8. The van der Waals surface area contributed by atoms with E-state index in [-0.39, 0.29) is 10.8 Å². The van der Waals surface area contributed by atoms with E-state index in [1.807, 2.05) is 12.2 Å². The lowest BCUT2D eigenvalue weighted by Crippen LogP contribution is -2.16. The van der Waals surface area contributed by atoms with Crippen LogP contribution in [0.5, 0.6) is 0 Å². The van der Waals surface area contributed by atoms with E-state index in [1.54, 1.807) is 0 Å². The minimum Gasteiger partial charge on any atom is -0.310 e. The number of hydrogen-bond acceptors (Lipinski definition) is 2. The van der Waals surface area contributed by atoms with Crippen LogP contribution in [0.2, 0.25) is 0 Å². The van der Waals surface area contributed by atoms with Crippen molar-refractivity contribution in [2.45, 2.75) is 38.5 Å². The first-order valence-corrected chi connectivity index (χ1v) is 51.3. The minimum atomic E-state index is -0.167. The van der Waals surface area contributed by atoms with E-state index in [2.05, 4.69) is 566 Å². The Labute approximate surface area is 860 Å². The van der Waals surface area contributed by atoms with E-state index in [0.717, 1.165) is 179 Å². The molecule has 0 fully saturated rings. The van der Waals surface area contributed by atoms with E-state index in [1.165, 1.54) is 98.7 Å². The van der Waals surface area contributed by atoms with Gasteiger partial charge in [-0.05, 0) is 352 Å². The monoisotopic (exact) mass is 1890 g/mol. The number of benzene rings is 22. The highest BCUT2D eigenvalue weighted by atomic mass is 15.1. The maximum atomic E-state index is 4.00. The molecule has 2 aliphatic carbocycles. The maximum absolute atomic E-state index is 4.00. The fraction of sp³-hybridized carbons (Fsp3) is 0.0423. The normalized spacial score (nSPS) is 12.8. The highest BCUT2D eigenvalue weighted by molar-refractivity contribution is 6.17. The molecule has 698 valence electrons. The van der Waals surface area contributed by atoms with Crippen LogP contribution in [0.1, 0.15) is 61.1 Å². The van der Waals surface area contributed by atoms with Gasteiger partial charge in [-0.1, -0.05) is 332 Å². The lowest BCUT2D eigenvalue weighted by molar-refractivity contribution is 0.660. The largest absolute Gasteiger partial charge is 0.310 e. The molecule has 28 rings (SSSR count). The van der Waals surface area contributed by atoms with Crippen molar-refractivity contribution in [3.8, 4) is 123 Å². The average Bonchev–Trinajstić information content (AvgIpc) is 1.59. The molecule has 0 aliphatic heterocycles. The molecule has 22 aromatic carbocycles. The summed E-state index contributed by atoms with van der Waals surface area (Å²) < 4.78 is 9.75. The molecule has 148 heavy (non-hydrogen) atoms. The fourth-order valence-electron chi connectivity index (χ4n) is 24.3. The second-order valence-electron chi connectivity index (χ2n) is 40.9. The Hall–Kier alpha value is -18.9. The first-order valence-electron chi connectivity index (χ1n) is 51.3. The van der Waals surface area contributed by atoms with E-state index in [4.69, 9.17) is 0 Å². The molecule has 26 aromatic rings. The van der Waals surface area contributed by atoms with E-state index in [0.29, 0.717) is 0 Å². The van der Waals surface area contributed by atoms with Crippen LogP contribution in [0.15, 0.2) is 511 Å². The molecule has 0 spiro atoms. The standard InChI is InChI=1S/C142H100N6/c1-7-91-37-41-93(42-38-91)95-45-61-111(62-46-95)143(115-69-71-119-117-33-21-23-35-129(117)141(3,4)131(119)89-115)113-65-49-97(50-66-113)99-53-73-133-121(81-99)123-83-101(55-75-135(123)145(133)107-25-13-9-14-26-107)103-57-77-137-125(85-103)127-87-105(59-79-139(127)147(137)109-29-17-11-18-30-109)106-60-80-140-128(88-106)126-86-104(58-78-138(126)148(140)110-31-19-12-20-32-110)102-56-76-136-124(84-102)122-82-100(54-74-134(122)146(136)108-27-15-10-16-28-108)98-51-67-114(68-52-98)144(112-63-47-96(48-64-112)94-43-39-92(8-2)40-44-94)116-70-72-120-118-34-22-24-36-130(118)142(5,6)132(120)90-116/h7-90H,1-2H2,3-6H3. The molecule has 0 atom stereocenters. The van der Waals surface area contributed by atoms with Gasteiger partial charge in [-0.3, -0.25) is 0 Å². The predicted molar refractivity (Wildman–Crippen MR) is 627 cm³/mol. The van der Waals surface area contributed by atoms with Crippen LogP contribution >= 0.6 is 0 Å². The highest BCUT2D eigenvalue weighted by Gasteiger charge is 2.38. The van der Waals surface area contributed by atoms with Gasteiger partial charge >= 0.3 is 0 Å². The van der Waals surface area contributed by atoms with Gasteiger partial charge in [-0.2, -0.15) is 0 Å². The van der Waals surface area contributed by atoms with Crippen LogP contribution in [0.3, 0.4) is 0 Å². The number of rotatable bonds is 19. The zero-order valence-electron chi connectivity index (χ0n) is 82.6. The van der Waals surface area contributed by atoms with E-state index < -0.39 is 0 Å². The van der Waals surface area contributed by atoms with Crippen molar-refractivity contribution >= 4 is 133 Å². The van der Waals surface area contributed by atoms with Crippen molar-refractivity contribution in [2.75, 3.05) is 9.80 Å². The molecule has 6 nitrogen and oxygen atoms in total. The van der Waals surface area contributed by atoms with E-state index >= 15 is 0 Å². The molecular weight excluding hydrogens is 1790 g/mol. The lowest BCUT2D eigenvalue weighted by atomic mass is 9.82. The van der Waals surface area contributed by atoms with Gasteiger partial charge in [0.25, 0.3) is 0 Å². The Balaban J connectivity index is 0.531. The Morgan fingerprint density at radius 2 is 0.351 bits per heavy atom. The highest BCUT2D eigenvalue weighted by Crippen LogP contribution is 2.55. The fourth-order valence-corrected chi connectivity index (χ4v) is 24.3. The van der Waals surface area contributed by atoms with Crippen molar-refractivity contribution in [1.82, 2.24) is 18.3 Å². The van der Waals surface area contributed by atoms with Gasteiger partial charge in [0.1, 0.15) is 0 Å². The first kappa shape index (κ1) is 87.0. The minimum absolute atomic E-state index is 0.167. The van der Waals surface area contributed by atoms with Gasteiger partial charge in [0.05, 0.1) is 44.1 Å². The molecule has 4 heterocycles. The van der Waals surface area contributed by atoms with Gasteiger partial charge in [-0.15, -0.1) is 0 Å². The maximum Gasteiger partial charge on any atom is 0.0541 e. The molecule has 0 bridgehead atoms. The number of para-hydroxylation sites is 4. The van der Waals surface area contributed by atoms with Gasteiger partial charge in [0.15, 0.2) is 0 Å². The summed E-state index contributed by atoms with van der Waals surface area (Å²) in [4.78, 5) is 4.84. The average molecular weight is 1890 g/mol. The predicted octanol–water partition coefficient (Wildman–Crippen LogP) is 38.6. The summed E-state index contributed by atoms with van der Waals surface area (Å²) in [6.07, 6.45) is 3.79. The van der Waals surface area contributed by atoms with Crippen LogP contribution in [-0.4, -0.2) is 18.3 Å². The molecular formula is C142H100N6. The Morgan fingerprint density at radius 1 is 0.169 bits per heavy atom. The zero-order valence-corrected chi connectivity index (χ0v) is 82.6. The molecule has 0 N–H and O–H groups in total. The van der Waals surface area contributed by atoms with Gasteiger partial charge < -0.3 is 28.1 Å². The third-order valence-corrected chi connectivity index (χ3v) is 31.9. The summed E-state index contributed by atoms with van der Waals surface area (Å²) in [5, 5.41) is 9.48. The number of nitrogens with zero attached hydrogens (tertiary/aromatic N) is 6. The Kier molecular flexibility index (Phi) is 20.2. The summed E-state index contributed by atoms with van der Waals surface area (Å²) in [5.74, 6) is 0. The summed E-state index contributed by atoms with van der Waals surface area (Å²) in [7, 11) is 0. The molecule has 0 saturated carbocycles. The zero-order chi connectivity index (χ0) is 98.7. The number of hydrogen-bond donors (Lipinski definition) is 0. The Morgan fingerprint density at radius 3 is 0.581 bits per heavy atom. The van der Waals surface area contributed by atoms with Crippen LogP contribution in [0, 0.1) is 0 Å². The molecule has 2 aliphatic rings. The molecule has 6 heteroatoms. The second kappa shape index (κ2) is 34.5. The van der Waals surface area contributed by atoms with Crippen molar-refractivity contribution in [3.63, 3.8) is 0 Å². The van der Waals surface area contributed by atoms with E-state index in [9.17, 15) is 0 Å². The van der Waals surface area contributed by atoms with Crippen LogP contribution in [0.4, 0.5) is 34.1 Å². The van der Waals surface area contributed by atoms with Crippen molar-refractivity contribution < 1.29 is 0 Å². The summed E-state index contributed by atoms with van der Waals surface area (Å²) in [6.45, 7) is 17.5. The Bertz CT molecular complexity index is 9300. The molecule has 0 amide bonds. The number of aromatic nitrogens is 4. The van der Waals surface area contributed by atoms with Crippen LogP contribution < -0.4 is 9.80 Å². The second-order valence-corrected chi connectivity index (χ2v) is 40.9. The quantitative estimate of drug-likeness (QED) is 0.0806. The van der Waals surface area contributed by atoms with Crippen LogP contribution in [-0.2, 0) is 10.8 Å². The molecule has 0 unspecified atom stereocenters. The lowest BCUT2D eigenvalue weighted by Gasteiger charge is -2.28. The van der Waals surface area contributed by atoms with Gasteiger partial charge in [0, 0.05) is 111 Å². The number of anilines is 6. The van der Waals surface area contributed by atoms with Crippen molar-refractivity contribution in [2.24, 2.45) is 0 Å². The van der Waals surface area contributed by atoms with Crippen molar-refractivity contribution in [1.29, 1.82) is 0 Å². The summed E-state index contributed by atoms with van der Waals surface area (Å²) >= 11 is 0. The number of fused-ring (bicyclic) bond motifs is 18. The smallest absolute Gasteiger partial charge is 0.0541 e. The third-order valence-electron chi connectivity index (χ3n) is 31.9. The molecule has 4 aromatic heterocycles. The third kappa shape index (κ3) is 14.2. The molecule has 0 radical (unpaired) electrons. The first-order chi connectivity index (χ1) is 72.7. The van der Waals surface area contributed by atoms with Gasteiger partial charge in [0.2, 0.25) is 0 Å². The SMILES string of the molecule is C=Cc1ccc(-c2ccc(N(c3ccc(-c4ccc5c(c4)c4cc(-c6ccc7c(c6)c6cc(-c8ccc9c(c8)c8cc(-c%10ccc%11c(c%10)c%10cc(-c%12ccc(N(c%13ccc(-c%14ccc(C=C)cc%14)cc%13)c%13ccc%14c(c%13)C(C)(C)c%13ccccc%13-%14)cc%12)ccc%10n%11-c%10ccccc%10)ccc8n9-c8ccccc8)ccc6n7-c6ccccc6)ccc4n5-c4ccccc4)cc3)c3ccc4c(c3)C(C)(C)c3ccccc3-4)cc2)cc1. The topological polar surface area (TPSA) is 26.2 Å².